The van der Waals surface area contributed by atoms with Gasteiger partial charge in [0.25, 0.3) is 0 Å². The second kappa shape index (κ2) is 8.26. The van der Waals surface area contributed by atoms with Crippen molar-refractivity contribution >= 4 is 34.5 Å². The van der Waals surface area contributed by atoms with Crippen LogP contribution in [0.4, 0.5) is 13.2 Å². The minimum Gasteiger partial charge on any atom is -0.315 e. The van der Waals surface area contributed by atoms with E-state index in [0.29, 0.717) is 10.0 Å². The molecule has 1 fully saturated rings. The van der Waals surface area contributed by atoms with Crippen LogP contribution in [0.3, 0.4) is 0 Å². The molecule has 2 nitrogen and oxygen atoms in total. The van der Waals surface area contributed by atoms with Gasteiger partial charge >= 0.3 is 6.18 Å². The molecule has 3 aromatic rings. The third-order valence-electron chi connectivity index (χ3n) is 5.14. The predicted molar refractivity (Wildman–Crippen MR) is 112 cm³/mol. The molecule has 1 aliphatic rings. The van der Waals surface area contributed by atoms with Gasteiger partial charge in [0.15, 0.2) is 0 Å². The average Bonchev–Trinajstić information content (AvgIpc) is 3.17. The molecule has 2 atom stereocenters. The summed E-state index contributed by atoms with van der Waals surface area (Å²) in [4.78, 5) is 4.77. The minimum absolute atomic E-state index is 0.141. The quantitative estimate of drug-likeness (QED) is 0.458. The number of piperidine rings is 1. The largest absolute Gasteiger partial charge is 0.416 e. The summed E-state index contributed by atoms with van der Waals surface area (Å²) in [5.74, 6) is 0.336. The van der Waals surface area contributed by atoms with Crippen LogP contribution in [-0.4, -0.2) is 18.1 Å². The highest BCUT2D eigenvalue weighted by Crippen LogP contribution is 2.38. The van der Waals surface area contributed by atoms with Crippen molar-refractivity contribution in [1.82, 2.24) is 10.3 Å². The zero-order valence-corrected chi connectivity index (χ0v) is 17.5. The van der Waals surface area contributed by atoms with Crippen molar-refractivity contribution in [3.63, 3.8) is 0 Å². The second-order valence-corrected chi connectivity index (χ2v) is 8.84. The summed E-state index contributed by atoms with van der Waals surface area (Å²) in [6.07, 6.45) is -3.48. The first-order valence-corrected chi connectivity index (χ1v) is 10.7. The van der Waals surface area contributed by atoms with Crippen molar-refractivity contribution in [2.24, 2.45) is 0 Å². The molecular formula is C21H17Cl2F3N2S. The topological polar surface area (TPSA) is 24.9 Å². The van der Waals surface area contributed by atoms with E-state index < -0.39 is 11.7 Å². The zero-order chi connectivity index (χ0) is 20.6. The molecule has 2 aromatic carbocycles. The number of hydrogen-bond donors (Lipinski definition) is 1. The van der Waals surface area contributed by atoms with Crippen LogP contribution in [0.15, 0.2) is 47.8 Å². The lowest BCUT2D eigenvalue weighted by Crippen LogP contribution is -2.34. The molecule has 29 heavy (non-hydrogen) atoms. The lowest BCUT2D eigenvalue weighted by Gasteiger charge is -2.29. The Morgan fingerprint density at radius 2 is 1.72 bits per heavy atom. The van der Waals surface area contributed by atoms with Crippen LogP contribution in [0, 0.1) is 0 Å². The maximum Gasteiger partial charge on any atom is 0.416 e. The van der Waals surface area contributed by atoms with Gasteiger partial charge < -0.3 is 5.32 Å². The van der Waals surface area contributed by atoms with Gasteiger partial charge in [-0.05, 0) is 48.2 Å². The van der Waals surface area contributed by atoms with Gasteiger partial charge in [0.2, 0.25) is 0 Å². The van der Waals surface area contributed by atoms with Gasteiger partial charge in [-0.3, -0.25) is 0 Å². The highest BCUT2D eigenvalue weighted by atomic mass is 35.5. The van der Waals surface area contributed by atoms with Gasteiger partial charge in [-0.15, -0.1) is 11.3 Å². The number of rotatable bonds is 3. The molecule has 1 saturated heterocycles. The van der Waals surface area contributed by atoms with E-state index in [1.54, 1.807) is 35.6 Å². The second-order valence-electron chi connectivity index (χ2n) is 7.10. The van der Waals surface area contributed by atoms with Crippen molar-refractivity contribution < 1.29 is 13.2 Å². The number of nitrogens with one attached hydrogen (secondary N) is 1. The summed E-state index contributed by atoms with van der Waals surface area (Å²) in [6.45, 7) is 1.53. The molecule has 2 unspecified atom stereocenters. The Morgan fingerprint density at radius 3 is 2.41 bits per heavy atom. The van der Waals surface area contributed by atoms with Gasteiger partial charge in [0.05, 0.1) is 21.3 Å². The fraction of sp³-hybridized carbons (Fsp3) is 0.286. The van der Waals surface area contributed by atoms with E-state index in [1.165, 1.54) is 0 Å². The fourth-order valence-corrected chi connectivity index (χ4v) is 5.06. The summed E-state index contributed by atoms with van der Waals surface area (Å²) >= 11 is 13.8. The number of hydrogen-bond acceptors (Lipinski definition) is 3. The van der Waals surface area contributed by atoms with E-state index in [0.717, 1.165) is 53.5 Å². The smallest absolute Gasteiger partial charge is 0.315 e. The number of benzene rings is 2. The number of alkyl halides is 3. The van der Waals surface area contributed by atoms with E-state index in [9.17, 15) is 13.2 Å². The van der Waals surface area contributed by atoms with Gasteiger partial charge in [-0.2, -0.15) is 13.2 Å². The van der Waals surface area contributed by atoms with E-state index in [-0.39, 0.29) is 11.8 Å². The average molecular weight is 457 g/mol. The van der Waals surface area contributed by atoms with Gasteiger partial charge in [-0.1, -0.05) is 35.3 Å². The van der Waals surface area contributed by atoms with Crippen LogP contribution in [-0.2, 0) is 6.18 Å². The number of halogens is 5. The van der Waals surface area contributed by atoms with Crippen molar-refractivity contribution in [3.05, 3.63) is 74.0 Å². The lowest BCUT2D eigenvalue weighted by molar-refractivity contribution is -0.137. The summed E-state index contributed by atoms with van der Waals surface area (Å²) in [7, 11) is 0. The summed E-state index contributed by atoms with van der Waals surface area (Å²) in [6, 6.07) is 10.8. The number of aromatic nitrogens is 1. The molecule has 1 aliphatic heterocycles. The van der Waals surface area contributed by atoms with Crippen LogP contribution in [0.2, 0.25) is 10.0 Å². The third kappa shape index (κ3) is 4.61. The van der Waals surface area contributed by atoms with Crippen LogP contribution >= 0.6 is 34.5 Å². The van der Waals surface area contributed by atoms with Crippen molar-refractivity contribution in [2.45, 2.75) is 24.4 Å². The first kappa shape index (κ1) is 20.7. The first-order valence-electron chi connectivity index (χ1n) is 9.10. The Balaban J connectivity index is 1.51. The van der Waals surface area contributed by atoms with Crippen LogP contribution in [0.25, 0.3) is 11.3 Å². The Labute approximate surface area is 180 Å². The van der Waals surface area contributed by atoms with Crippen LogP contribution < -0.4 is 5.32 Å². The van der Waals surface area contributed by atoms with Crippen LogP contribution in [0.5, 0.6) is 0 Å². The van der Waals surface area contributed by atoms with E-state index in [2.05, 4.69) is 5.32 Å². The van der Waals surface area contributed by atoms with Gasteiger partial charge in [-0.25, -0.2) is 4.98 Å². The normalized spacial score (nSPS) is 20.0. The van der Waals surface area contributed by atoms with Gasteiger partial charge in [0.1, 0.15) is 0 Å². The Kier molecular flexibility index (Phi) is 5.89. The SMILES string of the molecule is FC(F)(F)c1ccc(C2CNCC(c3nc(-c4ccc(Cl)cc4Cl)cs3)C2)cc1. The molecule has 1 aromatic heterocycles. The molecule has 1 N–H and O–H groups in total. The molecule has 0 amide bonds. The maximum absolute atomic E-state index is 12.8. The molecule has 0 spiro atoms. The fourth-order valence-electron chi connectivity index (χ4n) is 3.62. The highest BCUT2D eigenvalue weighted by molar-refractivity contribution is 7.10. The standard InChI is InChI=1S/C21H17Cl2F3N2S/c22-16-5-6-17(18(23)8-16)19-11-29-20(28-19)14-7-13(9-27-10-14)12-1-3-15(4-2-12)21(24,25)26/h1-6,8,11,13-14,27H,7,9-10H2. The van der Waals surface area contributed by atoms with Crippen molar-refractivity contribution in [3.8, 4) is 11.3 Å². The van der Waals surface area contributed by atoms with E-state index in [4.69, 9.17) is 28.2 Å². The molecule has 4 rings (SSSR count). The molecule has 0 bridgehead atoms. The molecule has 8 heteroatoms. The Hall–Kier alpha value is -1.60. The maximum atomic E-state index is 12.8. The Morgan fingerprint density at radius 1 is 1.00 bits per heavy atom. The molecule has 0 saturated carbocycles. The Bertz CT molecular complexity index is 1000. The zero-order valence-electron chi connectivity index (χ0n) is 15.1. The first-order chi connectivity index (χ1) is 13.8. The monoisotopic (exact) mass is 456 g/mol. The summed E-state index contributed by atoms with van der Waals surface area (Å²) < 4.78 is 38.4. The van der Waals surface area contributed by atoms with Crippen molar-refractivity contribution in [1.29, 1.82) is 0 Å². The third-order valence-corrected chi connectivity index (χ3v) is 6.69. The summed E-state index contributed by atoms with van der Waals surface area (Å²) in [5.41, 5.74) is 1.93. The van der Waals surface area contributed by atoms with E-state index >= 15 is 0 Å². The molecule has 152 valence electrons. The molecule has 0 aliphatic carbocycles. The van der Waals surface area contributed by atoms with Crippen LogP contribution in [0.1, 0.15) is 34.4 Å². The highest BCUT2D eigenvalue weighted by Gasteiger charge is 2.31. The number of thiazole rings is 1. The van der Waals surface area contributed by atoms with Crippen molar-refractivity contribution in [2.75, 3.05) is 13.1 Å². The lowest BCUT2D eigenvalue weighted by atomic mass is 9.85. The molecular weight excluding hydrogens is 440 g/mol. The molecule has 2 heterocycles. The van der Waals surface area contributed by atoms with Gasteiger partial charge in [0, 0.05) is 35.0 Å². The minimum atomic E-state index is -4.31. The summed E-state index contributed by atoms with van der Waals surface area (Å²) in [5, 5.41) is 7.50. The van der Waals surface area contributed by atoms with E-state index in [1.807, 2.05) is 11.4 Å². The predicted octanol–water partition coefficient (Wildman–Crippen LogP) is 7.00. The molecule has 0 radical (unpaired) electrons. The number of nitrogens with zero attached hydrogens (tertiary/aromatic N) is 1.